The van der Waals surface area contributed by atoms with Gasteiger partial charge in [0, 0.05) is 5.39 Å². The zero-order valence-electron chi connectivity index (χ0n) is 13.3. The van der Waals surface area contributed by atoms with Crippen molar-refractivity contribution >= 4 is 16.7 Å². The molecular formula is C19H16O5. The van der Waals surface area contributed by atoms with Crippen LogP contribution in [0.3, 0.4) is 0 Å². The highest BCUT2D eigenvalue weighted by Crippen LogP contribution is 2.37. The molecule has 3 aromatic carbocycles. The molecule has 5 nitrogen and oxygen atoms in total. The Morgan fingerprint density at radius 3 is 2.17 bits per heavy atom. The molecule has 0 amide bonds. The average molecular weight is 324 g/mol. The Kier molecular flexibility index (Phi) is 4.24. The predicted octanol–water partition coefficient (Wildman–Crippen LogP) is 3.78. The number of ether oxygens (including phenoxy) is 3. The molecule has 0 aliphatic carbocycles. The molecule has 3 aromatic rings. The maximum Gasteiger partial charge on any atom is 0.343 e. The van der Waals surface area contributed by atoms with E-state index in [0.717, 1.165) is 10.8 Å². The molecule has 0 unspecified atom stereocenters. The van der Waals surface area contributed by atoms with Crippen molar-refractivity contribution < 1.29 is 24.1 Å². The number of fused-ring (bicyclic) bond motifs is 1. The number of phenolic OH excluding ortho intramolecular Hbond substituents is 1. The summed E-state index contributed by atoms with van der Waals surface area (Å²) in [4.78, 5) is 12.5. The fourth-order valence-corrected chi connectivity index (χ4v) is 2.45. The Bertz CT molecular complexity index is 871. The lowest BCUT2D eigenvalue weighted by atomic mass is 10.1. The number of hydrogen-bond donors (Lipinski definition) is 1. The molecule has 3 rings (SSSR count). The summed E-state index contributed by atoms with van der Waals surface area (Å²) in [7, 11) is 2.79. The van der Waals surface area contributed by atoms with E-state index in [1.54, 1.807) is 6.07 Å². The van der Waals surface area contributed by atoms with Gasteiger partial charge in [0.1, 0.15) is 5.75 Å². The monoisotopic (exact) mass is 324 g/mol. The molecule has 0 atom stereocenters. The van der Waals surface area contributed by atoms with E-state index in [1.165, 1.54) is 26.4 Å². The van der Waals surface area contributed by atoms with Gasteiger partial charge >= 0.3 is 5.97 Å². The zero-order valence-corrected chi connectivity index (χ0v) is 13.3. The van der Waals surface area contributed by atoms with Crippen LogP contribution in [0.15, 0.2) is 54.6 Å². The first kappa shape index (κ1) is 15.7. The van der Waals surface area contributed by atoms with Gasteiger partial charge in [-0.1, -0.05) is 36.4 Å². The lowest BCUT2D eigenvalue weighted by Gasteiger charge is -2.12. The maximum absolute atomic E-state index is 12.5. The van der Waals surface area contributed by atoms with E-state index in [1.807, 2.05) is 36.4 Å². The van der Waals surface area contributed by atoms with Crippen molar-refractivity contribution in [3.8, 4) is 23.0 Å². The van der Waals surface area contributed by atoms with Gasteiger partial charge in [-0.25, -0.2) is 4.79 Å². The molecule has 0 aliphatic heterocycles. The molecule has 0 aliphatic rings. The normalized spacial score (nSPS) is 10.4. The summed E-state index contributed by atoms with van der Waals surface area (Å²) in [5, 5.41) is 11.7. The molecule has 0 saturated heterocycles. The van der Waals surface area contributed by atoms with Gasteiger partial charge in [0.05, 0.1) is 19.8 Å². The smallest absolute Gasteiger partial charge is 0.343 e. The number of carbonyl (C=O) groups excluding carboxylic acids is 1. The van der Waals surface area contributed by atoms with Gasteiger partial charge in [0.15, 0.2) is 11.5 Å². The summed E-state index contributed by atoms with van der Waals surface area (Å²) >= 11 is 0. The van der Waals surface area contributed by atoms with Crippen LogP contribution >= 0.6 is 0 Å². The summed E-state index contributed by atoms with van der Waals surface area (Å²) in [6, 6.07) is 15.9. The van der Waals surface area contributed by atoms with Crippen LogP contribution < -0.4 is 14.2 Å². The van der Waals surface area contributed by atoms with Crippen molar-refractivity contribution in [2.24, 2.45) is 0 Å². The second kappa shape index (κ2) is 6.50. The van der Waals surface area contributed by atoms with E-state index in [2.05, 4.69) is 0 Å². The van der Waals surface area contributed by atoms with Gasteiger partial charge < -0.3 is 19.3 Å². The number of benzene rings is 3. The summed E-state index contributed by atoms with van der Waals surface area (Å²) in [5.41, 5.74) is 0.217. The first-order chi connectivity index (χ1) is 11.6. The molecule has 0 heterocycles. The fraction of sp³-hybridized carbons (Fsp3) is 0.105. The van der Waals surface area contributed by atoms with Crippen molar-refractivity contribution in [1.29, 1.82) is 0 Å². The topological polar surface area (TPSA) is 65.0 Å². The lowest BCUT2D eigenvalue weighted by molar-refractivity contribution is 0.0736. The van der Waals surface area contributed by atoms with Crippen LogP contribution in [0.2, 0.25) is 0 Å². The summed E-state index contributed by atoms with van der Waals surface area (Å²) in [5.74, 6) is 0.00668. The molecule has 1 N–H and O–H groups in total. The zero-order chi connectivity index (χ0) is 17.1. The van der Waals surface area contributed by atoms with Crippen LogP contribution in [-0.2, 0) is 0 Å². The van der Waals surface area contributed by atoms with Gasteiger partial charge in [-0.2, -0.15) is 0 Å². The quantitative estimate of drug-likeness (QED) is 0.584. The Morgan fingerprint density at radius 1 is 0.875 bits per heavy atom. The number of hydrogen-bond acceptors (Lipinski definition) is 5. The first-order valence-electron chi connectivity index (χ1n) is 7.29. The minimum Gasteiger partial charge on any atom is -0.502 e. The van der Waals surface area contributed by atoms with Crippen LogP contribution in [0.1, 0.15) is 10.4 Å². The Balaban J connectivity index is 1.98. The summed E-state index contributed by atoms with van der Waals surface area (Å²) in [6.45, 7) is 0. The summed E-state index contributed by atoms with van der Waals surface area (Å²) in [6.07, 6.45) is 0. The Hall–Kier alpha value is -3.21. The van der Waals surface area contributed by atoms with Crippen LogP contribution in [0.25, 0.3) is 10.8 Å². The number of methoxy groups -OCH3 is 2. The van der Waals surface area contributed by atoms with Crippen LogP contribution in [0.4, 0.5) is 0 Å². The molecule has 0 fully saturated rings. The highest BCUT2D eigenvalue weighted by molar-refractivity contribution is 5.96. The van der Waals surface area contributed by atoms with Crippen molar-refractivity contribution in [2.45, 2.75) is 0 Å². The maximum atomic E-state index is 12.5. The fourth-order valence-electron chi connectivity index (χ4n) is 2.45. The molecule has 0 aromatic heterocycles. The van der Waals surface area contributed by atoms with Gasteiger partial charge in [-0.3, -0.25) is 0 Å². The molecule has 122 valence electrons. The SMILES string of the molecule is COc1cc(C(=O)Oc2cccc3ccccc23)cc(OC)c1O. The molecule has 0 saturated carbocycles. The van der Waals surface area contributed by atoms with Gasteiger partial charge in [-0.15, -0.1) is 0 Å². The second-order valence-electron chi connectivity index (χ2n) is 5.10. The number of esters is 1. The third-order valence-corrected chi connectivity index (χ3v) is 3.67. The van der Waals surface area contributed by atoms with E-state index in [9.17, 15) is 9.90 Å². The molecular weight excluding hydrogens is 308 g/mol. The van der Waals surface area contributed by atoms with E-state index < -0.39 is 5.97 Å². The standard InChI is InChI=1S/C19H16O5/c1-22-16-10-13(11-17(23-2)18(16)20)19(21)24-15-9-5-7-12-6-3-4-8-14(12)15/h3-11,20H,1-2H3. The minimum atomic E-state index is -0.567. The van der Waals surface area contributed by atoms with Gasteiger partial charge in [0.25, 0.3) is 0 Å². The number of carbonyl (C=O) groups is 1. The van der Waals surface area contributed by atoms with Crippen molar-refractivity contribution in [3.63, 3.8) is 0 Å². The van der Waals surface area contributed by atoms with Crippen LogP contribution in [-0.4, -0.2) is 25.3 Å². The first-order valence-corrected chi connectivity index (χ1v) is 7.29. The summed E-state index contributed by atoms with van der Waals surface area (Å²) < 4.78 is 15.6. The van der Waals surface area contributed by atoms with Crippen LogP contribution in [0, 0.1) is 0 Å². The largest absolute Gasteiger partial charge is 0.502 e. The number of aromatic hydroxyl groups is 1. The second-order valence-corrected chi connectivity index (χ2v) is 5.10. The number of rotatable bonds is 4. The highest BCUT2D eigenvalue weighted by Gasteiger charge is 2.17. The third kappa shape index (κ3) is 2.84. The lowest BCUT2D eigenvalue weighted by Crippen LogP contribution is -2.09. The molecule has 0 bridgehead atoms. The van der Waals surface area contributed by atoms with Crippen molar-refractivity contribution in [3.05, 3.63) is 60.2 Å². The predicted molar refractivity (Wildman–Crippen MR) is 90.1 cm³/mol. The number of phenols is 1. The highest BCUT2D eigenvalue weighted by atomic mass is 16.5. The minimum absolute atomic E-state index is 0.138. The molecule has 5 heteroatoms. The third-order valence-electron chi connectivity index (χ3n) is 3.67. The van der Waals surface area contributed by atoms with Crippen molar-refractivity contribution in [1.82, 2.24) is 0 Å². The van der Waals surface area contributed by atoms with E-state index in [4.69, 9.17) is 14.2 Å². The van der Waals surface area contributed by atoms with E-state index in [0.29, 0.717) is 5.75 Å². The molecule has 0 radical (unpaired) electrons. The average Bonchev–Trinajstić information content (AvgIpc) is 2.62. The van der Waals surface area contributed by atoms with E-state index in [-0.39, 0.29) is 22.8 Å². The van der Waals surface area contributed by atoms with Gasteiger partial charge in [-0.05, 0) is 23.6 Å². The van der Waals surface area contributed by atoms with Crippen molar-refractivity contribution in [2.75, 3.05) is 14.2 Å². The van der Waals surface area contributed by atoms with E-state index >= 15 is 0 Å². The molecule has 24 heavy (non-hydrogen) atoms. The Morgan fingerprint density at radius 2 is 1.50 bits per heavy atom. The Labute approximate surface area is 139 Å². The molecule has 0 spiro atoms. The van der Waals surface area contributed by atoms with Gasteiger partial charge in [0.2, 0.25) is 5.75 Å². The van der Waals surface area contributed by atoms with Crippen LogP contribution in [0.5, 0.6) is 23.0 Å².